The molecule has 1 aliphatic heterocycles. The molecule has 0 unspecified atom stereocenters. The first-order chi connectivity index (χ1) is 15.2. The molecule has 154 valence electrons. The molecule has 4 aromatic rings. The Labute approximate surface area is 179 Å². The lowest BCUT2D eigenvalue weighted by Gasteiger charge is -2.35. The molecular formula is C25H21FN4O. The average molecular weight is 412 g/mol. The molecule has 0 saturated carbocycles. The van der Waals surface area contributed by atoms with Crippen molar-refractivity contribution in [1.29, 1.82) is 0 Å². The minimum absolute atomic E-state index is 0.0638. The third-order valence-electron chi connectivity index (χ3n) is 5.68. The normalized spacial score (nSPS) is 14.1. The van der Waals surface area contributed by atoms with Gasteiger partial charge in [0.05, 0.1) is 5.52 Å². The van der Waals surface area contributed by atoms with Gasteiger partial charge in [-0.25, -0.2) is 9.37 Å². The quantitative estimate of drug-likeness (QED) is 0.501. The molecule has 31 heavy (non-hydrogen) atoms. The van der Waals surface area contributed by atoms with E-state index in [9.17, 15) is 9.18 Å². The molecule has 1 amide bonds. The molecule has 5 nitrogen and oxygen atoms in total. The largest absolute Gasteiger partial charge is 0.353 e. The number of hydrogen-bond donors (Lipinski definition) is 0. The van der Waals surface area contributed by atoms with Gasteiger partial charge in [0.2, 0.25) is 0 Å². The topological polar surface area (TPSA) is 49.3 Å². The number of carbonyl (C=O) groups is 1. The van der Waals surface area contributed by atoms with Crippen molar-refractivity contribution < 1.29 is 9.18 Å². The molecule has 1 fully saturated rings. The molecule has 0 bridgehead atoms. The summed E-state index contributed by atoms with van der Waals surface area (Å²) < 4.78 is 13.1. The molecule has 6 heteroatoms. The zero-order valence-electron chi connectivity index (χ0n) is 16.9. The van der Waals surface area contributed by atoms with Crippen molar-refractivity contribution in [3.05, 3.63) is 90.5 Å². The van der Waals surface area contributed by atoms with Crippen LogP contribution in [0, 0.1) is 5.82 Å². The van der Waals surface area contributed by atoms with Gasteiger partial charge in [0.25, 0.3) is 5.91 Å². The third kappa shape index (κ3) is 3.84. The van der Waals surface area contributed by atoms with Gasteiger partial charge < -0.3 is 9.80 Å². The molecule has 5 rings (SSSR count). The van der Waals surface area contributed by atoms with Gasteiger partial charge in [-0.1, -0.05) is 18.2 Å². The molecule has 0 aliphatic carbocycles. The van der Waals surface area contributed by atoms with Crippen LogP contribution in [0.2, 0.25) is 0 Å². The van der Waals surface area contributed by atoms with Gasteiger partial charge in [0.1, 0.15) is 11.6 Å². The summed E-state index contributed by atoms with van der Waals surface area (Å²) in [4.78, 5) is 25.8. The summed E-state index contributed by atoms with van der Waals surface area (Å²) in [5.74, 6) is 0.504. The fourth-order valence-electron chi connectivity index (χ4n) is 3.99. The Morgan fingerprint density at radius 1 is 0.839 bits per heavy atom. The van der Waals surface area contributed by atoms with Gasteiger partial charge in [-0.2, -0.15) is 0 Å². The predicted octanol–water partition coefficient (Wildman–Crippen LogP) is 4.40. The number of pyridine rings is 2. The van der Waals surface area contributed by atoms with E-state index in [1.165, 1.54) is 24.3 Å². The molecular weight excluding hydrogens is 391 g/mol. The average Bonchev–Trinajstić information content (AvgIpc) is 2.84. The van der Waals surface area contributed by atoms with Crippen molar-refractivity contribution >= 4 is 22.6 Å². The fourth-order valence-corrected chi connectivity index (χ4v) is 3.99. The maximum Gasteiger partial charge on any atom is 0.253 e. The highest BCUT2D eigenvalue weighted by Gasteiger charge is 2.23. The summed E-state index contributed by atoms with van der Waals surface area (Å²) in [5.41, 5.74) is 3.63. The Morgan fingerprint density at radius 3 is 2.32 bits per heavy atom. The first-order valence-corrected chi connectivity index (χ1v) is 10.3. The van der Waals surface area contributed by atoms with Gasteiger partial charge in [-0.05, 0) is 54.1 Å². The van der Waals surface area contributed by atoms with Crippen molar-refractivity contribution in [1.82, 2.24) is 14.9 Å². The Kier molecular flexibility index (Phi) is 5.04. The van der Waals surface area contributed by atoms with E-state index in [1.54, 1.807) is 12.4 Å². The number of aromatic nitrogens is 2. The fraction of sp³-hybridized carbons (Fsp3) is 0.160. The van der Waals surface area contributed by atoms with Crippen LogP contribution in [0.3, 0.4) is 0 Å². The van der Waals surface area contributed by atoms with Crippen molar-refractivity contribution in [3.63, 3.8) is 0 Å². The van der Waals surface area contributed by atoms with Crippen molar-refractivity contribution in [2.45, 2.75) is 0 Å². The zero-order valence-corrected chi connectivity index (χ0v) is 16.9. The van der Waals surface area contributed by atoms with Gasteiger partial charge >= 0.3 is 0 Å². The third-order valence-corrected chi connectivity index (χ3v) is 5.68. The van der Waals surface area contributed by atoms with E-state index in [1.807, 2.05) is 29.2 Å². The number of anilines is 1. The summed E-state index contributed by atoms with van der Waals surface area (Å²) in [7, 11) is 0. The van der Waals surface area contributed by atoms with Crippen LogP contribution in [-0.4, -0.2) is 47.0 Å². The van der Waals surface area contributed by atoms with Crippen LogP contribution in [0.1, 0.15) is 10.4 Å². The van der Waals surface area contributed by atoms with Crippen LogP contribution in [0.4, 0.5) is 10.2 Å². The van der Waals surface area contributed by atoms with E-state index in [0.29, 0.717) is 31.7 Å². The Morgan fingerprint density at radius 2 is 1.58 bits per heavy atom. The van der Waals surface area contributed by atoms with E-state index in [-0.39, 0.29) is 11.7 Å². The highest BCUT2D eigenvalue weighted by molar-refractivity contribution is 5.95. The molecule has 2 aromatic carbocycles. The number of rotatable bonds is 3. The number of fused-ring (bicyclic) bond motifs is 1. The first kappa shape index (κ1) is 19.2. The number of amides is 1. The molecule has 1 aliphatic rings. The van der Waals surface area contributed by atoms with Crippen molar-refractivity contribution in [3.8, 4) is 11.1 Å². The maximum atomic E-state index is 13.1. The number of para-hydroxylation sites is 1. The molecule has 0 atom stereocenters. The maximum absolute atomic E-state index is 13.1. The van der Waals surface area contributed by atoms with Gasteiger partial charge in [0, 0.05) is 55.1 Å². The molecule has 0 N–H and O–H groups in total. The predicted molar refractivity (Wildman–Crippen MR) is 119 cm³/mol. The number of carbonyl (C=O) groups excluding carboxylic acids is 1. The number of halogens is 1. The summed E-state index contributed by atoms with van der Waals surface area (Å²) in [6.07, 6.45) is 3.57. The second-order valence-corrected chi connectivity index (χ2v) is 7.57. The minimum atomic E-state index is -0.338. The van der Waals surface area contributed by atoms with Gasteiger partial charge in [-0.3, -0.25) is 9.78 Å². The van der Waals surface area contributed by atoms with E-state index in [0.717, 1.165) is 27.8 Å². The summed E-state index contributed by atoms with van der Waals surface area (Å²) in [5, 5.41) is 1.09. The van der Waals surface area contributed by atoms with E-state index >= 15 is 0 Å². The van der Waals surface area contributed by atoms with E-state index < -0.39 is 0 Å². The summed E-state index contributed by atoms with van der Waals surface area (Å²) in [6, 6.07) is 20.0. The number of hydrogen-bond acceptors (Lipinski definition) is 4. The monoisotopic (exact) mass is 412 g/mol. The first-order valence-electron chi connectivity index (χ1n) is 10.3. The number of nitrogens with zero attached hydrogens (tertiary/aromatic N) is 4. The number of benzene rings is 2. The minimum Gasteiger partial charge on any atom is -0.353 e. The molecule has 1 saturated heterocycles. The Hall–Kier alpha value is -3.80. The van der Waals surface area contributed by atoms with Crippen LogP contribution in [0.25, 0.3) is 22.0 Å². The summed E-state index contributed by atoms with van der Waals surface area (Å²) in [6.45, 7) is 2.59. The summed E-state index contributed by atoms with van der Waals surface area (Å²) >= 11 is 0. The second kappa shape index (κ2) is 8.14. The standard InChI is InChI=1S/C25H21FN4O/c26-21-7-4-20(5-8-21)25(31)30-16-14-29(15-17-30)23-9-6-19-2-1-3-22(24(19)28-23)18-10-12-27-13-11-18/h1-13H,14-17H2. The number of piperazine rings is 1. The smallest absolute Gasteiger partial charge is 0.253 e. The highest BCUT2D eigenvalue weighted by Crippen LogP contribution is 2.29. The Balaban J connectivity index is 1.36. The molecule has 3 heterocycles. The SMILES string of the molecule is O=C(c1ccc(F)cc1)N1CCN(c2ccc3cccc(-c4ccncc4)c3n2)CC1. The van der Waals surface area contributed by atoms with Crippen LogP contribution < -0.4 is 4.90 Å². The second-order valence-electron chi connectivity index (χ2n) is 7.57. The van der Waals surface area contributed by atoms with E-state index in [4.69, 9.17) is 4.98 Å². The van der Waals surface area contributed by atoms with Gasteiger partial charge in [0.15, 0.2) is 0 Å². The van der Waals surface area contributed by atoms with Crippen molar-refractivity contribution in [2.75, 3.05) is 31.1 Å². The van der Waals surface area contributed by atoms with Crippen LogP contribution in [0.15, 0.2) is 79.1 Å². The van der Waals surface area contributed by atoms with Crippen LogP contribution >= 0.6 is 0 Å². The van der Waals surface area contributed by atoms with Crippen LogP contribution in [-0.2, 0) is 0 Å². The van der Waals surface area contributed by atoms with Crippen molar-refractivity contribution in [2.24, 2.45) is 0 Å². The molecule has 0 spiro atoms. The lowest BCUT2D eigenvalue weighted by Crippen LogP contribution is -2.49. The lowest BCUT2D eigenvalue weighted by molar-refractivity contribution is 0.0746. The van der Waals surface area contributed by atoms with E-state index in [2.05, 4.69) is 28.1 Å². The lowest BCUT2D eigenvalue weighted by atomic mass is 10.0. The highest BCUT2D eigenvalue weighted by atomic mass is 19.1. The Bertz CT molecular complexity index is 1220. The van der Waals surface area contributed by atoms with Gasteiger partial charge in [-0.15, -0.1) is 0 Å². The zero-order chi connectivity index (χ0) is 21.2. The molecule has 0 radical (unpaired) electrons. The molecule has 2 aromatic heterocycles. The van der Waals surface area contributed by atoms with Crippen LogP contribution in [0.5, 0.6) is 0 Å².